The number of nitrogens with one attached hydrogen (secondary N) is 1. The molecule has 1 heterocycles. The van der Waals surface area contributed by atoms with E-state index >= 15 is 0 Å². The Morgan fingerprint density at radius 2 is 1.55 bits per heavy atom. The molecule has 0 bridgehead atoms. The molecule has 0 radical (unpaired) electrons. The first kappa shape index (κ1) is 13.2. The average molecular weight is 265 g/mol. The molecule has 0 saturated heterocycles. The lowest BCUT2D eigenvalue weighted by atomic mass is 9.88. The maximum atomic E-state index is 3.71. The van der Waals surface area contributed by atoms with Gasteiger partial charge in [0.2, 0.25) is 0 Å². The van der Waals surface area contributed by atoms with E-state index in [0.29, 0.717) is 6.04 Å². The second-order valence-electron chi connectivity index (χ2n) is 6.24. The molecule has 1 aliphatic rings. The Morgan fingerprint density at radius 3 is 2.20 bits per heavy atom. The Bertz CT molecular complexity index is 656. The Balaban J connectivity index is 2.05. The van der Waals surface area contributed by atoms with Gasteiger partial charge in [-0.05, 0) is 80.5 Å². The molecule has 0 amide bonds. The molecule has 0 aromatic heterocycles. The van der Waals surface area contributed by atoms with Crippen LogP contribution in [0.25, 0.3) is 0 Å². The number of aryl methyl sites for hydroxylation is 3. The summed E-state index contributed by atoms with van der Waals surface area (Å²) < 4.78 is 0. The third-order valence-corrected chi connectivity index (χ3v) is 4.79. The van der Waals surface area contributed by atoms with Crippen LogP contribution >= 0.6 is 0 Å². The van der Waals surface area contributed by atoms with Crippen LogP contribution in [0.2, 0.25) is 0 Å². The highest BCUT2D eigenvalue weighted by Gasteiger charge is 2.25. The summed E-state index contributed by atoms with van der Waals surface area (Å²) in [6.07, 6.45) is 1.10. The minimum atomic E-state index is 0.422. The molecule has 0 aliphatic carbocycles. The summed E-state index contributed by atoms with van der Waals surface area (Å²) in [5, 5.41) is 3.71. The zero-order valence-corrected chi connectivity index (χ0v) is 13.1. The third kappa shape index (κ3) is 2.02. The maximum absolute atomic E-state index is 3.71. The standard InChI is InChI=1S/C19H23N/c1-11-6-7-17-16(8-11)10-18(20-17)19-14(4)12(2)9-13(3)15(19)5/h6-9,18,20H,10H2,1-5H3. The molecule has 0 spiro atoms. The van der Waals surface area contributed by atoms with Crippen LogP contribution in [0.5, 0.6) is 0 Å². The fourth-order valence-corrected chi connectivity index (χ4v) is 3.44. The van der Waals surface area contributed by atoms with Crippen LogP contribution in [0.15, 0.2) is 24.3 Å². The van der Waals surface area contributed by atoms with Crippen LogP contribution in [-0.2, 0) is 6.42 Å². The van der Waals surface area contributed by atoms with Crippen LogP contribution in [0.3, 0.4) is 0 Å². The van der Waals surface area contributed by atoms with Crippen molar-refractivity contribution in [2.45, 2.75) is 47.1 Å². The largest absolute Gasteiger partial charge is 0.378 e. The van der Waals surface area contributed by atoms with Crippen molar-refractivity contribution in [2.24, 2.45) is 0 Å². The van der Waals surface area contributed by atoms with Gasteiger partial charge < -0.3 is 5.32 Å². The normalized spacial score (nSPS) is 16.9. The van der Waals surface area contributed by atoms with Gasteiger partial charge in [-0.3, -0.25) is 0 Å². The lowest BCUT2D eigenvalue weighted by molar-refractivity contribution is 0.803. The summed E-state index contributed by atoms with van der Waals surface area (Å²) in [7, 11) is 0. The van der Waals surface area contributed by atoms with Gasteiger partial charge in [-0.25, -0.2) is 0 Å². The van der Waals surface area contributed by atoms with E-state index in [0.717, 1.165) is 6.42 Å². The van der Waals surface area contributed by atoms with Crippen LogP contribution in [0, 0.1) is 34.6 Å². The Labute approximate surface area is 122 Å². The zero-order chi connectivity index (χ0) is 14.4. The van der Waals surface area contributed by atoms with Crippen LogP contribution < -0.4 is 5.32 Å². The monoisotopic (exact) mass is 265 g/mol. The van der Waals surface area contributed by atoms with E-state index in [-0.39, 0.29) is 0 Å². The van der Waals surface area contributed by atoms with Gasteiger partial charge in [0.15, 0.2) is 0 Å². The summed E-state index contributed by atoms with van der Waals surface area (Å²) in [4.78, 5) is 0. The fourth-order valence-electron chi connectivity index (χ4n) is 3.44. The molecule has 104 valence electrons. The minimum Gasteiger partial charge on any atom is -0.378 e. The first-order valence-corrected chi connectivity index (χ1v) is 7.40. The topological polar surface area (TPSA) is 12.0 Å². The summed E-state index contributed by atoms with van der Waals surface area (Å²) >= 11 is 0. The number of hydrogen-bond acceptors (Lipinski definition) is 1. The van der Waals surface area contributed by atoms with Gasteiger partial charge in [0.25, 0.3) is 0 Å². The van der Waals surface area contributed by atoms with Crippen LogP contribution in [0.4, 0.5) is 5.69 Å². The van der Waals surface area contributed by atoms with Crippen molar-refractivity contribution >= 4 is 5.69 Å². The number of rotatable bonds is 1. The molecule has 1 nitrogen and oxygen atoms in total. The van der Waals surface area contributed by atoms with Crippen LogP contribution in [-0.4, -0.2) is 0 Å². The Kier molecular flexibility index (Phi) is 3.08. The van der Waals surface area contributed by atoms with E-state index in [1.54, 1.807) is 0 Å². The predicted molar refractivity (Wildman–Crippen MR) is 86.6 cm³/mol. The molecule has 2 aromatic rings. The highest BCUT2D eigenvalue weighted by atomic mass is 14.9. The summed E-state index contributed by atoms with van der Waals surface area (Å²) in [5.74, 6) is 0. The summed E-state index contributed by atoms with van der Waals surface area (Å²) in [6.45, 7) is 11.1. The van der Waals surface area contributed by atoms with Gasteiger partial charge >= 0.3 is 0 Å². The molecule has 3 rings (SSSR count). The lowest BCUT2D eigenvalue weighted by Gasteiger charge is -2.21. The van der Waals surface area contributed by atoms with Crippen molar-refractivity contribution < 1.29 is 0 Å². The smallest absolute Gasteiger partial charge is 0.0560 e. The van der Waals surface area contributed by atoms with Crippen molar-refractivity contribution in [1.82, 2.24) is 0 Å². The van der Waals surface area contributed by atoms with Gasteiger partial charge in [0.05, 0.1) is 6.04 Å². The van der Waals surface area contributed by atoms with E-state index in [2.05, 4.69) is 64.2 Å². The first-order chi connectivity index (χ1) is 9.47. The quantitative estimate of drug-likeness (QED) is 0.770. The highest BCUT2D eigenvalue weighted by Crippen LogP contribution is 2.38. The fraction of sp³-hybridized carbons (Fsp3) is 0.368. The molecule has 1 N–H and O–H groups in total. The van der Waals surface area contributed by atoms with Gasteiger partial charge in [-0.2, -0.15) is 0 Å². The van der Waals surface area contributed by atoms with Crippen molar-refractivity contribution in [3.63, 3.8) is 0 Å². The predicted octanol–water partition coefficient (Wildman–Crippen LogP) is 4.94. The van der Waals surface area contributed by atoms with Gasteiger partial charge in [-0.1, -0.05) is 23.8 Å². The highest BCUT2D eigenvalue weighted by molar-refractivity contribution is 5.61. The Morgan fingerprint density at radius 1 is 0.900 bits per heavy atom. The summed E-state index contributed by atoms with van der Waals surface area (Å²) in [5.41, 5.74) is 11.3. The SMILES string of the molecule is Cc1ccc2c(c1)CC(c1c(C)c(C)cc(C)c1C)N2. The summed E-state index contributed by atoms with van der Waals surface area (Å²) in [6, 6.07) is 9.45. The van der Waals surface area contributed by atoms with E-state index in [1.165, 1.54) is 44.6 Å². The second-order valence-corrected chi connectivity index (χ2v) is 6.24. The first-order valence-electron chi connectivity index (χ1n) is 7.40. The second kappa shape index (κ2) is 4.66. The molecule has 0 fully saturated rings. The van der Waals surface area contributed by atoms with Crippen molar-refractivity contribution in [3.8, 4) is 0 Å². The maximum Gasteiger partial charge on any atom is 0.0560 e. The van der Waals surface area contributed by atoms with E-state index in [1.807, 2.05) is 0 Å². The molecule has 0 saturated carbocycles. The molecular weight excluding hydrogens is 242 g/mol. The number of hydrogen-bond donors (Lipinski definition) is 1. The zero-order valence-electron chi connectivity index (χ0n) is 13.1. The number of fused-ring (bicyclic) bond motifs is 1. The molecular formula is C19H23N. The molecule has 1 unspecified atom stereocenters. The lowest BCUT2D eigenvalue weighted by Crippen LogP contribution is -2.11. The van der Waals surface area contributed by atoms with Crippen molar-refractivity contribution in [3.05, 3.63) is 63.2 Å². The minimum absolute atomic E-state index is 0.422. The van der Waals surface area contributed by atoms with E-state index < -0.39 is 0 Å². The molecule has 20 heavy (non-hydrogen) atoms. The van der Waals surface area contributed by atoms with Gasteiger partial charge in [0, 0.05) is 5.69 Å². The van der Waals surface area contributed by atoms with Crippen LogP contribution in [0.1, 0.15) is 45.0 Å². The number of anilines is 1. The molecule has 1 aliphatic heterocycles. The molecule has 1 atom stereocenters. The van der Waals surface area contributed by atoms with Crippen molar-refractivity contribution in [2.75, 3.05) is 5.32 Å². The Hall–Kier alpha value is -1.76. The molecule has 1 heteroatoms. The van der Waals surface area contributed by atoms with Gasteiger partial charge in [-0.15, -0.1) is 0 Å². The van der Waals surface area contributed by atoms with Crippen molar-refractivity contribution in [1.29, 1.82) is 0 Å². The number of benzene rings is 2. The third-order valence-electron chi connectivity index (χ3n) is 4.79. The molecule has 2 aromatic carbocycles. The van der Waals surface area contributed by atoms with E-state index in [4.69, 9.17) is 0 Å². The average Bonchev–Trinajstić information content (AvgIpc) is 2.79. The van der Waals surface area contributed by atoms with E-state index in [9.17, 15) is 0 Å². The van der Waals surface area contributed by atoms with Gasteiger partial charge in [0.1, 0.15) is 0 Å².